The van der Waals surface area contributed by atoms with E-state index in [4.69, 9.17) is 4.42 Å². The van der Waals surface area contributed by atoms with E-state index in [1.54, 1.807) is 0 Å². The molecule has 4 heteroatoms. The largest absolute Gasteiger partial charge is 0.459 e. The van der Waals surface area contributed by atoms with Crippen molar-refractivity contribution in [1.29, 1.82) is 0 Å². The first-order valence-corrected chi connectivity index (χ1v) is 6.91. The highest BCUT2D eigenvalue weighted by molar-refractivity contribution is 5.77. The number of hydrogen-bond donors (Lipinski definition) is 1. The molecule has 3 aromatic rings. The first-order chi connectivity index (χ1) is 9.69. The maximum Gasteiger partial charge on any atom is 0.134 e. The third kappa shape index (κ3) is 2.23. The summed E-state index contributed by atoms with van der Waals surface area (Å²) in [7, 11) is 1.97. The molecule has 1 atom stereocenters. The van der Waals surface area contributed by atoms with Gasteiger partial charge in [-0.25, -0.2) is 0 Å². The maximum absolute atomic E-state index is 6.00. The smallest absolute Gasteiger partial charge is 0.134 e. The van der Waals surface area contributed by atoms with E-state index in [2.05, 4.69) is 35.5 Å². The van der Waals surface area contributed by atoms with E-state index in [1.165, 1.54) is 0 Å². The Morgan fingerprint density at radius 3 is 2.75 bits per heavy atom. The van der Waals surface area contributed by atoms with E-state index in [9.17, 15) is 0 Å². The van der Waals surface area contributed by atoms with E-state index < -0.39 is 0 Å². The van der Waals surface area contributed by atoms with Crippen molar-refractivity contribution in [3.63, 3.8) is 0 Å². The molecule has 2 heterocycles. The number of nitrogens with one attached hydrogen (secondary N) is 1. The predicted octanol–water partition coefficient (Wildman–Crippen LogP) is 3.17. The summed E-state index contributed by atoms with van der Waals surface area (Å²) in [5.74, 6) is 0.927. The first kappa shape index (κ1) is 12.9. The molecule has 4 nitrogen and oxygen atoms in total. The molecule has 0 aliphatic heterocycles. The summed E-state index contributed by atoms with van der Waals surface area (Å²) in [5.41, 5.74) is 3.05. The number of fused-ring (bicyclic) bond motifs is 1. The minimum absolute atomic E-state index is 0.0265. The molecule has 104 valence electrons. The van der Waals surface area contributed by atoms with Gasteiger partial charge in [0.15, 0.2) is 0 Å². The van der Waals surface area contributed by atoms with Gasteiger partial charge in [0.1, 0.15) is 17.4 Å². The summed E-state index contributed by atoms with van der Waals surface area (Å²) in [4.78, 5) is 0. The van der Waals surface area contributed by atoms with Crippen LogP contribution in [0.3, 0.4) is 0 Å². The van der Waals surface area contributed by atoms with Crippen LogP contribution in [0, 0.1) is 6.92 Å². The number of para-hydroxylation sites is 1. The van der Waals surface area contributed by atoms with Crippen molar-refractivity contribution in [2.24, 2.45) is 7.05 Å². The van der Waals surface area contributed by atoms with Crippen LogP contribution in [-0.2, 0) is 7.05 Å². The first-order valence-electron chi connectivity index (χ1n) is 6.91. The number of aryl methyl sites for hydroxylation is 2. The van der Waals surface area contributed by atoms with Crippen molar-refractivity contribution in [3.05, 3.63) is 53.5 Å². The van der Waals surface area contributed by atoms with Crippen LogP contribution in [0.25, 0.3) is 11.0 Å². The predicted molar refractivity (Wildman–Crippen MR) is 79.7 cm³/mol. The van der Waals surface area contributed by atoms with Gasteiger partial charge in [-0.05, 0) is 31.7 Å². The van der Waals surface area contributed by atoms with Crippen LogP contribution in [0.1, 0.15) is 30.1 Å². The van der Waals surface area contributed by atoms with Gasteiger partial charge in [0.05, 0.1) is 11.4 Å². The van der Waals surface area contributed by atoms with Gasteiger partial charge in [0.2, 0.25) is 0 Å². The van der Waals surface area contributed by atoms with Crippen molar-refractivity contribution in [3.8, 4) is 0 Å². The number of aromatic nitrogens is 2. The molecule has 1 N–H and O–H groups in total. The number of nitrogens with zero attached hydrogens (tertiary/aromatic N) is 2. The van der Waals surface area contributed by atoms with Crippen molar-refractivity contribution < 1.29 is 4.42 Å². The normalized spacial score (nSPS) is 12.9. The van der Waals surface area contributed by atoms with E-state index in [1.807, 2.05) is 36.9 Å². The zero-order valence-corrected chi connectivity index (χ0v) is 12.1. The second-order valence-electron chi connectivity index (χ2n) is 5.01. The molecule has 3 rings (SSSR count). The molecule has 0 saturated carbocycles. The Hall–Kier alpha value is -2.07. The van der Waals surface area contributed by atoms with E-state index in [0.717, 1.165) is 34.7 Å². The van der Waals surface area contributed by atoms with Gasteiger partial charge in [-0.2, -0.15) is 5.10 Å². The monoisotopic (exact) mass is 269 g/mol. The van der Waals surface area contributed by atoms with Gasteiger partial charge < -0.3 is 9.73 Å². The number of furan rings is 1. The molecule has 0 bridgehead atoms. The topological polar surface area (TPSA) is 43.0 Å². The Balaban J connectivity index is 2.08. The summed E-state index contributed by atoms with van der Waals surface area (Å²) in [6, 6.07) is 12.3. The quantitative estimate of drug-likeness (QED) is 0.791. The Morgan fingerprint density at radius 1 is 1.30 bits per heavy atom. The summed E-state index contributed by atoms with van der Waals surface area (Å²) in [6.07, 6.45) is 0. The van der Waals surface area contributed by atoms with Gasteiger partial charge in [0.25, 0.3) is 0 Å². The zero-order valence-electron chi connectivity index (χ0n) is 12.1. The maximum atomic E-state index is 6.00. The minimum atomic E-state index is 0.0265. The van der Waals surface area contributed by atoms with Gasteiger partial charge in [-0.1, -0.05) is 25.1 Å². The minimum Gasteiger partial charge on any atom is -0.459 e. The third-order valence-electron chi connectivity index (χ3n) is 3.47. The molecule has 0 saturated heterocycles. The highest BCUT2D eigenvalue weighted by Crippen LogP contribution is 2.28. The second kappa shape index (κ2) is 5.13. The van der Waals surface area contributed by atoms with Gasteiger partial charge in [-0.3, -0.25) is 4.68 Å². The average Bonchev–Trinajstić information content (AvgIpc) is 2.99. The molecule has 0 aliphatic rings. The molecule has 20 heavy (non-hydrogen) atoms. The molecule has 0 amide bonds. The lowest BCUT2D eigenvalue weighted by Crippen LogP contribution is -2.23. The number of hydrogen-bond acceptors (Lipinski definition) is 3. The van der Waals surface area contributed by atoms with Gasteiger partial charge in [0, 0.05) is 12.4 Å². The third-order valence-corrected chi connectivity index (χ3v) is 3.47. The molecular weight excluding hydrogens is 250 g/mol. The Kier molecular flexibility index (Phi) is 3.32. The second-order valence-corrected chi connectivity index (χ2v) is 5.01. The zero-order chi connectivity index (χ0) is 14.1. The fourth-order valence-electron chi connectivity index (χ4n) is 2.60. The highest BCUT2D eigenvalue weighted by atomic mass is 16.3. The van der Waals surface area contributed by atoms with Crippen LogP contribution in [0.5, 0.6) is 0 Å². The van der Waals surface area contributed by atoms with E-state index in [-0.39, 0.29) is 6.04 Å². The van der Waals surface area contributed by atoms with Crippen LogP contribution in [0.2, 0.25) is 0 Å². The Labute approximate surface area is 118 Å². The van der Waals surface area contributed by atoms with Crippen molar-refractivity contribution in [2.45, 2.75) is 19.9 Å². The molecular formula is C16H19N3O. The lowest BCUT2D eigenvalue weighted by Gasteiger charge is -2.15. The number of benzene rings is 1. The SMILES string of the molecule is CCNC(c1cc2ccccc2o1)c1cc(C)nn1C. The van der Waals surface area contributed by atoms with Crippen molar-refractivity contribution >= 4 is 11.0 Å². The fraction of sp³-hybridized carbons (Fsp3) is 0.312. The lowest BCUT2D eigenvalue weighted by atomic mass is 10.1. The molecule has 1 unspecified atom stereocenters. The van der Waals surface area contributed by atoms with E-state index >= 15 is 0 Å². The van der Waals surface area contributed by atoms with Gasteiger partial charge in [-0.15, -0.1) is 0 Å². The van der Waals surface area contributed by atoms with Crippen LogP contribution < -0.4 is 5.32 Å². The molecule has 0 radical (unpaired) electrons. The summed E-state index contributed by atoms with van der Waals surface area (Å²) >= 11 is 0. The molecule has 2 aromatic heterocycles. The fourth-order valence-corrected chi connectivity index (χ4v) is 2.60. The van der Waals surface area contributed by atoms with Crippen LogP contribution >= 0.6 is 0 Å². The van der Waals surface area contributed by atoms with Crippen LogP contribution in [0.15, 0.2) is 40.8 Å². The standard InChI is InChI=1S/C16H19N3O/c1-4-17-16(13-9-11(2)18-19(13)3)15-10-12-7-5-6-8-14(12)20-15/h5-10,16-17H,4H2,1-3H3. The van der Waals surface area contributed by atoms with Crippen LogP contribution in [0.4, 0.5) is 0 Å². The summed E-state index contributed by atoms with van der Waals surface area (Å²) in [6.45, 7) is 4.97. The molecule has 0 spiro atoms. The van der Waals surface area contributed by atoms with Crippen molar-refractivity contribution in [1.82, 2.24) is 15.1 Å². The highest BCUT2D eigenvalue weighted by Gasteiger charge is 2.21. The Morgan fingerprint density at radius 2 is 2.10 bits per heavy atom. The lowest BCUT2D eigenvalue weighted by molar-refractivity contribution is 0.459. The van der Waals surface area contributed by atoms with Crippen LogP contribution in [-0.4, -0.2) is 16.3 Å². The average molecular weight is 269 g/mol. The number of rotatable bonds is 4. The molecule has 0 aliphatic carbocycles. The van der Waals surface area contributed by atoms with Gasteiger partial charge >= 0.3 is 0 Å². The molecule has 1 aromatic carbocycles. The van der Waals surface area contributed by atoms with E-state index in [0.29, 0.717) is 0 Å². The Bertz CT molecular complexity index is 693. The summed E-state index contributed by atoms with van der Waals surface area (Å²) < 4.78 is 7.91. The van der Waals surface area contributed by atoms with Crippen molar-refractivity contribution in [2.75, 3.05) is 6.54 Å². The molecule has 0 fully saturated rings. The summed E-state index contributed by atoms with van der Waals surface area (Å²) in [5, 5.41) is 9.03.